The summed E-state index contributed by atoms with van der Waals surface area (Å²) >= 11 is 2.31. The summed E-state index contributed by atoms with van der Waals surface area (Å²) in [5, 5.41) is 0. The van der Waals surface area contributed by atoms with Crippen molar-refractivity contribution in [2.24, 2.45) is 0 Å². The number of hydrogen-bond acceptors (Lipinski definition) is 1. The molecule has 0 aromatic carbocycles. The van der Waals surface area contributed by atoms with E-state index >= 15 is 0 Å². The molecule has 0 spiro atoms. The average Bonchev–Trinajstić information content (AvgIpc) is 1.00. The summed E-state index contributed by atoms with van der Waals surface area (Å²) in [6.07, 6.45) is 0. The van der Waals surface area contributed by atoms with E-state index in [1.807, 2.05) is 0 Å². The Hall–Kier alpha value is 0.826. The fourth-order valence-corrected chi connectivity index (χ4v) is 0. The van der Waals surface area contributed by atoms with Crippen LogP contribution in [0, 0.1) is 0 Å². The Balaban J connectivity index is -0.00000000500. The molecule has 0 saturated heterocycles. The molecule has 0 aromatic heterocycles. The van der Waals surface area contributed by atoms with Gasteiger partial charge >= 0.3 is 19.5 Å². The Morgan fingerprint density at radius 2 is 1.25 bits per heavy atom. The topological polar surface area (TPSA) is 17.1 Å². The van der Waals surface area contributed by atoms with Crippen LogP contribution in [0.1, 0.15) is 7.43 Å². The second-order valence-electron chi connectivity index (χ2n) is 0. The van der Waals surface area contributed by atoms with Gasteiger partial charge in [-0.1, -0.05) is 7.43 Å². The van der Waals surface area contributed by atoms with Crippen LogP contribution in [0.3, 0.4) is 0 Å². The van der Waals surface area contributed by atoms with Crippen molar-refractivity contribution in [2.75, 3.05) is 0 Å². The van der Waals surface area contributed by atoms with Crippen LogP contribution >= 0.6 is 0 Å². The molecule has 0 unspecified atom stereocenters. The molecule has 0 N–H and O–H groups in total. The first kappa shape index (κ1) is 21.2. The first-order chi connectivity index (χ1) is 1.00. The number of rotatable bonds is 0. The van der Waals surface area contributed by atoms with Crippen molar-refractivity contribution in [3.05, 3.63) is 0 Å². The van der Waals surface area contributed by atoms with Crippen molar-refractivity contribution in [1.82, 2.24) is 0 Å². The first-order valence-electron chi connectivity index (χ1n) is 0.136. The zero-order valence-electron chi connectivity index (χ0n) is 1.10. The molecule has 0 rings (SSSR count). The molecular formula is CH4CoFeO. The maximum atomic E-state index is 7.94. The molecular weight excluding hydrogens is 143 g/mol. The second-order valence-corrected chi connectivity index (χ2v) is 0. The predicted octanol–water partition coefficient (Wildman–Crippen LogP) is 0.512. The molecule has 3 heteroatoms. The van der Waals surface area contributed by atoms with E-state index in [-0.39, 0.29) is 24.5 Å². The van der Waals surface area contributed by atoms with E-state index in [0.29, 0.717) is 0 Å². The Morgan fingerprint density at radius 3 is 1.25 bits per heavy atom. The zero-order valence-corrected chi connectivity index (χ0v) is 3.24. The van der Waals surface area contributed by atoms with Gasteiger partial charge in [0.2, 0.25) is 0 Å². The van der Waals surface area contributed by atoms with Crippen LogP contribution in [0.4, 0.5) is 0 Å². The van der Waals surface area contributed by atoms with Crippen molar-refractivity contribution in [1.29, 1.82) is 0 Å². The molecule has 0 saturated carbocycles. The van der Waals surface area contributed by atoms with Gasteiger partial charge in [-0.2, -0.15) is 0 Å². The molecule has 0 aliphatic heterocycles. The van der Waals surface area contributed by atoms with Gasteiger partial charge in [0.1, 0.15) is 0 Å². The van der Waals surface area contributed by atoms with E-state index in [1.54, 1.807) is 0 Å². The molecule has 0 atom stereocenters. The molecule has 0 radical (unpaired) electrons. The fourth-order valence-electron chi connectivity index (χ4n) is 0. The fraction of sp³-hybridized carbons (Fsp3) is 1.00. The quantitative estimate of drug-likeness (QED) is 0.456. The van der Waals surface area contributed by atoms with Crippen molar-refractivity contribution in [3.8, 4) is 0 Å². The summed E-state index contributed by atoms with van der Waals surface area (Å²) in [6, 6.07) is 0. The minimum atomic E-state index is 0. The van der Waals surface area contributed by atoms with Gasteiger partial charge in [-0.25, -0.2) is 0 Å². The van der Waals surface area contributed by atoms with Crippen molar-refractivity contribution >= 4 is 0 Å². The van der Waals surface area contributed by atoms with Crippen LogP contribution in [0.5, 0.6) is 0 Å². The SMILES string of the molecule is C.[Fe].[O]=[Co]. The van der Waals surface area contributed by atoms with Gasteiger partial charge < -0.3 is 0 Å². The van der Waals surface area contributed by atoms with Gasteiger partial charge in [0.05, 0.1) is 0 Å². The average molecular weight is 147 g/mol. The minimum absolute atomic E-state index is 0. The molecule has 1 nitrogen and oxygen atoms in total. The van der Waals surface area contributed by atoms with E-state index < -0.39 is 0 Å². The first-order valence-corrected chi connectivity index (χ1v) is 0.561. The Labute approximate surface area is 44.4 Å². The van der Waals surface area contributed by atoms with Gasteiger partial charge in [-0.3, -0.25) is 0 Å². The predicted molar refractivity (Wildman–Crippen MR) is 7.42 cm³/mol. The van der Waals surface area contributed by atoms with Gasteiger partial charge in [0.15, 0.2) is 0 Å². The normalized spacial score (nSPS) is 1.25. The third-order valence-corrected chi connectivity index (χ3v) is 0. The third-order valence-electron chi connectivity index (χ3n) is 0. The molecule has 4 heavy (non-hydrogen) atoms. The third kappa shape index (κ3) is 13.8. The van der Waals surface area contributed by atoms with Crippen LogP contribution in [0.25, 0.3) is 0 Å². The molecule has 31 valence electrons. The molecule has 0 amide bonds. The Kier molecular flexibility index (Phi) is 237. The van der Waals surface area contributed by atoms with Crippen molar-refractivity contribution in [3.63, 3.8) is 0 Å². The number of hydrogen-bond donors (Lipinski definition) is 0. The van der Waals surface area contributed by atoms with Gasteiger partial charge in [-0.15, -0.1) is 0 Å². The van der Waals surface area contributed by atoms with Crippen molar-refractivity contribution in [2.45, 2.75) is 7.43 Å². The summed E-state index contributed by atoms with van der Waals surface area (Å²) in [7, 11) is 0. The van der Waals surface area contributed by atoms with E-state index in [2.05, 4.69) is 15.7 Å². The molecule has 0 aliphatic rings. The van der Waals surface area contributed by atoms with Crippen LogP contribution in [-0.4, -0.2) is 0 Å². The van der Waals surface area contributed by atoms with E-state index in [0.717, 1.165) is 0 Å². The Bertz CT molecular complexity index is 8.00. The van der Waals surface area contributed by atoms with Gasteiger partial charge in [-0.05, 0) is 0 Å². The standard InChI is InChI=1S/CH4.Co.Fe.O/h1H4;;;. The molecule has 0 heterocycles. The summed E-state index contributed by atoms with van der Waals surface area (Å²) in [6.45, 7) is 0. The van der Waals surface area contributed by atoms with Crippen LogP contribution < -0.4 is 0 Å². The molecule has 0 fully saturated rings. The summed E-state index contributed by atoms with van der Waals surface area (Å²) in [5.74, 6) is 0. The monoisotopic (exact) mass is 147 g/mol. The van der Waals surface area contributed by atoms with E-state index in [4.69, 9.17) is 3.87 Å². The Morgan fingerprint density at radius 1 is 1.25 bits per heavy atom. The summed E-state index contributed by atoms with van der Waals surface area (Å²) < 4.78 is 7.94. The summed E-state index contributed by atoms with van der Waals surface area (Å²) in [4.78, 5) is 0. The van der Waals surface area contributed by atoms with Crippen LogP contribution in [-0.2, 0) is 36.6 Å². The molecule has 0 bridgehead atoms. The second kappa shape index (κ2) is 44.8. The van der Waals surface area contributed by atoms with Crippen LogP contribution in [0.15, 0.2) is 0 Å². The van der Waals surface area contributed by atoms with Gasteiger partial charge in [0, 0.05) is 17.1 Å². The summed E-state index contributed by atoms with van der Waals surface area (Å²) in [5.41, 5.74) is 0. The maximum absolute atomic E-state index is 7.94. The van der Waals surface area contributed by atoms with E-state index in [1.165, 1.54) is 0 Å². The van der Waals surface area contributed by atoms with Crippen molar-refractivity contribution < 1.29 is 36.6 Å². The van der Waals surface area contributed by atoms with E-state index in [9.17, 15) is 0 Å². The molecule has 0 aromatic rings. The van der Waals surface area contributed by atoms with Gasteiger partial charge in [0.25, 0.3) is 0 Å². The van der Waals surface area contributed by atoms with Crippen LogP contribution in [0.2, 0.25) is 0 Å². The zero-order chi connectivity index (χ0) is 2.00. The molecule has 0 aliphatic carbocycles.